The first-order valence-corrected chi connectivity index (χ1v) is 7.93. The third kappa shape index (κ3) is 5.26. The van der Waals surface area contributed by atoms with Gasteiger partial charge in [-0.2, -0.15) is 0 Å². The Morgan fingerprint density at radius 3 is 2.46 bits per heavy atom. The fourth-order valence-corrected chi connectivity index (χ4v) is 2.16. The number of carbonyl (C=O) groups excluding carboxylic acids is 1. The summed E-state index contributed by atoms with van der Waals surface area (Å²) in [5.41, 5.74) is 0.922. The highest BCUT2D eigenvalue weighted by molar-refractivity contribution is 5.78. The van der Waals surface area contributed by atoms with Crippen molar-refractivity contribution in [1.29, 1.82) is 0 Å². The number of rotatable bonds is 8. The molecule has 0 heterocycles. The zero-order valence-electron chi connectivity index (χ0n) is 14.0. The van der Waals surface area contributed by atoms with Crippen molar-refractivity contribution in [1.82, 2.24) is 4.90 Å². The molecule has 2 rings (SSSR count). The van der Waals surface area contributed by atoms with Gasteiger partial charge in [-0.3, -0.25) is 4.79 Å². The maximum absolute atomic E-state index is 13.4. The summed E-state index contributed by atoms with van der Waals surface area (Å²) in [6.07, 6.45) is 0.308. The van der Waals surface area contributed by atoms with Crippen LogP contribution in [-0.4, -0.2) is 37.6 Å². The first kappa shape index (κ1) is 17.8. The van der Waals surface area contributed by atoms with E-state index < -0.39 is 5.82 Å². The lowest BCUT2D eigenvalue weighted by atomic mass is 10.1. The Hall–Kier alpha value is -2.56. The maximum Gasteiger partial charge on any atom is 0.226 e. The van der Waals surface area contributed by atoms with Gasteiger partial charge in [0.2, 0.25) is 5.91 Å². The van der Waals surface area contributed by atoms with Crippen molar-refractivity contribution in [2.24, 2.45) is 0 Å². The molecule has 0 saturated carbocycles. The SMILES string of the molecule is CCOc1ccc(CC(=O)N(C)CCOc2ccccc2F)cc1. The van der Waals surface area contributed by atoms with E-state index >= 15 is 0 Å². The van der Waals surface area contributed by atoms with E-state index in [9.17, 15) is 9.18 Å². The number of nitrogens with zero attached hydrogens (tertiary/aromatic N) is 1. The predicted molar refractivity (Wildman–Crippen MR) is 90.8 cm³/mol. The summed E-state index contributed by atoms with van der Waals surface area (Å²) in [5.74, 6) is 0.572. The summed E-state index contributed by atoms with van der Waals surface area (Å²) in [4.78, 5) is 13.8. The van der Waals surface area contributed by atoms with Crippen LogP contribution >= 0.6 is 0 Å². The number of halogens is 1. The maximum atomic E-state index is 13.4. The minimum Gasteiger partial charge on any atom is -0.494 e. The average molecular weight is 331 g/mol. The fraction of sp³-hybridized carbons (Fsp3) is 0.316. The number of amides is 1. The summed E-state index contributed by atoms with van der Waals surface area (Å²) in [6.45, 7) is 3.18. The van der Waals surface area contributed by atoms with Gasteiger partial charge in [-0.15, -0.1) is 0 Å². The summed E-state index contributed by atoms with van der Waals surface area (Å²) in [6, 6.07) is 13.7. The van der Waals surface area contributed by atoms with E-state index in [0.29, 0.717) is 19.6 Å². The van der Waals surface area contributed by atoms with Crippen LogP contribution < -0.4 is 9.47 Å². The molecule has 0 N–H and O–H groups in total. The van der Waals surface area contributed by atoms with Crippen molar-refractivity contribution in [2.75, 3.05) is 26.8 Å². The molecule has 0 atom stereocenters. The normalized spacial score (nSPS) is 10.3. The highest BCUT2D eigenvalue weighted by atomic mass is 19.1. The third-order valence-corrected chi connectivity index (χ3v) is 3.54. The lowest BCUT2D eigenvalue weighted by molar-refractivity contribution is -0.129. The van der Waals surface area contributed by atoms with Crippen LogP contribution in [0.2, 0.25) is 0 Å². The number of hydrogen-bond acceptors (Lipinski definition) is 3. The van der Waals surface area contributed by atoms with Gasteiger partial charge in [-0.05, 0) is 36.8 Å². The summed E-state index contributed by atoms with van der Waals surface area (Å²) < 4.78 is 24.2. The highest BCUT2D eigenvalue weighted by Crippen LogP contribution is 2.15. The Balaban J connectivity index is 1.78. The molecule has 2 aromatic carbocycles. The van der Waals surface area contributed by atoms with Gasteiger partial charge in [0.05, 0.1) is 19.6 Å². The molecule has 4 nitrogen and oxygen atoms in total. The number of para-hydroxylation sites is 1. The van der Waals surface area contributed by atoms with Crippen LogP contribution in [0.25, 0.3) is 0 Å². The Bertz CT molecular complexity index is 658. The molecule has 0 aliphatic carbocycles. The van der Waals surface area contributed by atoms with E-state index in [1.165, 1.54) is 6.07 Å². The number of likely N-dealkylation sites (N-methyl/N-ethyl adjacent to an activating group) is 1. The Labute approximate surface area is 141 Å². The zero-order chi connectivity index (χ0) is 17.4. The van der Waals surface area contributed by atoms with Crippen molar-refractivity contribution in [3.05, 3.63) is 59.9 Å². The molecular formula is C19H22FNO3. The van der Waals surface area contributed by atoms with Crippen LogP contribution in [0.5, 0.6) is 11.5 Å². The monoisotopic (exact) mass is 331 g/mol. The van der Waals surface area contributed by atoms with E-state index in [1.807, 2.05) is 31.2 Å². The molecule has 0 bridgehead atoms. The molecule has 0 fully saturated rings. The van der Waals surface area contributed by atoms with Gasteiger partial charge >= 0.3 is 0 Å². The molecule has 0 spiro atoms. The molecule has 128 valence electrons. The minimum absolute atomic E-state index is 0.0173. The zero-order valence-corrected chi connectivity index (χ0v) is 14.0. The van der Waals surface area contributed by atoms with Crippen LogP contribution in [0.15, 0.2) is 48.5 Å². The van der Waals surface area contributed by atoms with Crippen molar-refractivity contribution >= 4 is 5.91 Å². The standard InChI is InChI=1S/C19H22FNO3/c1-3-23-16-10-8-15(9-11-16)14-19(22)21(2)12-13-24-18-7-5-4-6-17(18)20/h4-11H,3,12-14H2,1-2H3. The van der Waals surface area contributed by atoms with E-state index in [-0.39, 0.29) is 18.3 Å². The van der Waals surface area contributed by atoms with Gasteiger partial charge in [0, 0.05) is 7.05 Å². The molecule has 0 aliphatic rings. The quantitative estimate of drug-likeness (QED) is 0.745. The topological polar surface area (TPSA) is 38.8 Å². The van der Waals surface area contributed by atoms with Crippen molar-refractivity contribution in [3.8, 4) is 11.5 Å². The van der Waals surface area contributed by atoms with Crippen LogP contribution in [0.3, 0.4) is 0 Å². The van der Waals surface area contributed by atoms with Crippen LogP contribution in [-0.2, 0) is 11.2 Å². The van der Waals surface area contributed by atoms with Gasteiger partial charge in [-0.1, -0.05) is 24.3 Å². The second-order valence-corrected chi connectivity index (χ2v) is 5.35. The van der Waals surface area contributed by atoms with Crippen molar-refractivity contribution < 1.29 is 18.7 Å². The third-order valence-electron chi connectivity index (χ3n) is 3.54. The van der Waals surface area contributed by atoms with Gasteiger partial charge in [-0.25, -0.2) is 4.39 Å². The Morgan fingerprint density at radius 1 is 1.08 bits per heavy atom. The van der Waals surface area contributed by atoms with E-state index in [2.05, 4.69) is 0 Å². The number of hydrogen-bond donors (Lipinski definition) is 0. The first-order chi connectivity index (χ1) is 11.6. The molecule has 1 amide bonds. The van der Waals surface area contributed by atoms with E-state index in [4.69, 9.17) is 9.47 Å². The minimum atomic E-state index is -0.402. The van der Waals surface area contributed by atoms with Crippen LogP contribution in [0.1, 0.15) is 12.5 Å². The lowest BCUT2D eigenvalue weighted by Crippen LogP contribution is -2.32. The largest absolute Gasteiger partial charge is 0.494 e. The van der Waals surface area contributed by atoms with Crippen molar-refractivity contribution in [3.63, 3.8) is 0 Å². The summed E-state index contributed by atoms with van der Waals surface area (Å²) in [5, 5.41) is 0. The number of benzene rings is 2. The number of ether oxygens (including phenoxy) is 2. The second kappa shape index (κ2) is 8.91. The van der Waals surface area contributed by atoms with Crippen LogP contribution in [0.4, 0.5) is 4.39 Å². The van der Waals surface area contributed by atoms with Crippen molar-refractivity contribution in [2.45, 2.75) is 13.3 Å². The highest BCUT2D eigenvalue weighted by Gasteiger charge is 2.10. The molecule has 24 heavy (non-hydrogen) atoms. The van der Waals surface area contributed by atoms with E-state index in [1.54, 1.807) is 30.1 Å². The predicted octanol–water partition coefficient (Wildman–Crippen LogP) is 3.30. The Kier molecular flexibility index (Phi) is 6.61. The van der Waals surface area contributed by atoms with Gasteiger partial charge in [0.15, 0.2) is 11.6 Å². The Morgan fingerprint density at radius 2 is 1.79 bits per heavy atom. The number of carbonyl (C=O) groups is 1. The van der Waals surface area contributed by atoms with Gasteiger partial charge in [0.25, 0.3) is 0 Å². The fourth-order valence-electron chi connectivity index (χ4n) is 2.16. The van der Waals surface area contributed by atoms with Gasteiger partial charge < -0.3 is 14.4 Å². The summed E-state index contributed by atoms with van der Waals surface area (Å²) >= 11 is 0. The molecule has 5 heteroatoms. The molecule has 0 unspecified atom stereocenters. The second-order valence-electron chi connectivity index (χ2n) is 5.35. The average Bonchev–Trinajstić information content (AvgIpc) is 2.58. The lowest BCUT2D eigenvalue weighted by Gasteiger charge is -2.18. The molecule has 0 saturated heterocycles. The van der Waals surface area contributed by atoms with Gasteiger partial charge in [0.1, 0.15) is 12.4 Å². The summed E-state index contributed by atoms with van der Waals surface area (Å²) in [7, 11) is 1.71. The van der Waals surface area contributed by atoms with E-state index in [0.717, 1.165) is 11.3 Å². The molecule has 0 aliphatic heterocycles. The molecular weight excluding hydrogens is 309 g/mol. The smallest absolute Gasteiger partial charge is 0.226 e. The van der Waals surface area contributed by atoms with Crippen LogP contribution in [0, 0.1) is 5.82 Å². The molecule has 2 aromatic rings. The molecule has 0 radical (unpaired) electrons. The first-order valence-electron chi connectivity index (χ1n) is 7.93. The molecule has 0 aromatic heterocycles.